The third kappa shape index (κ3) is 3.50. The topological polar surface area (TPSA) is 35.5 Å². The number of hydrogen-bond donors (Lipinski definition) is 0. The van der Waals surface area contributed by atoms with Gasteiger partial charge in [0.1, 0.15) is 0 Å². The van der Waals surface area contributed by atoms with Crippen LogP contribution in [0.4, 0.5) is 0 Å². The molecule has 0 aromatic heterocycles. The molecular weight excluding hydrogens is 180 g/mol. The Hall–Kier alpha value is -0.830. The molecule has 3 nitrogen and oxygen atoms in total. The van der Waals surface area contributed by atoms with Crippen molar-refractivity contribution >= 4 is 5.97 Å². The summed E-state index contributed by atoms with van der Waals surface area (Å²) in [4.78, 5) is 11.2. The molecule has 0 unspecified atom stereocenters. The zero-order valence-electron chi connectivity index (χ0n) is 8.70. The summed E-state index contributed by atoms with van der Waals surface area (Å²) in [6.45, 7) is 5.95. The molecule has 3 heteroatoms. The van der Waals surface area contributed by atoms with Gasteiger partial charge in [-0.1, -0.05) is 6.08 Å². The summed E-state index contributed by atoms with van der Waals surface area (Å²) in [5.41, 5.74) is 0. The molecule has 0 aliphatic carbocycles. The number of carbonyl (C=O) groups is 1. The average Bonchev–Trinajstić information content (AvgIpc) is 2.18. The molecule has 0 radical (unpaired) electrons. The SMILES string of the molecule is C=C[C@H]1CCC[C@H](CC(=O)OCC)O1. The van der Waals surface area contributed by atoms with Crippen LogP contribution in [0.5, 0.6) is 0 Å². The van der Waals surface area contributed by atoms with Crippen LogP contribution < -0.4 is 0 Å². The molecule has 1 fully saturated rings. The Morgan fingerprint density at radius 1 is 1.64 bits per heavy atom. The van der Waals surface area contributed by atoms with Gasteiger partial charge in [0, 0.05) is 0 Å². The van der Waals surface area contributed by atoms with Crippen molar-refractivity contribution in [3.8, 4) is 0 Å². The Kier molecular flexibility index (Phi) is 4.66. The fraction of sp³-hybridized carbons (Fsp3) is 0.727. The van der Waals surface area contributed by atoms with Gasteiger partial charge >= 0.3 is 5.97 Å². The van der Waals surface area contributed by atoms with E-state index in [1.54, 1.807) is 6.08 Å². The van der Waals surface area contributed by atoms with E-state index in [9.17, 15) is 4.79 Å². The third-order valence-electron chi connectivity index (χ3n) is 2.34. The Bertz CT molecular complexity index is 201. The average molecular weight is 198 g/mol. The molecule has 0 amide bonds. The highest BCUT2D eigenvalue weighted by Crippen LogP contribution is 2.21. The Morgan fingerprint density at radius 3 is 3.07 bits per heavy atom. The minimum Gasteiger partial charge on any atom is -0.466 e. The first kappa shape index (κ1) is 11.2. The Morgan fingerprint density at radius 2 is 2.43 bits per heavy atom. The largest absolute Gasteiger partial charge is 0.466 e. The lowest BCUT2D eigenvalue weighted by Crippen LogP contribution is -2.28. The van der Waals surface area contributed by atoms with Crippen molar-refractivity contribution in [2.75, 3.05) is 6.61 Å². The van der Waals surface area contributed by atoms with E-state index >= 15 is 0 Å². The monoisotopic (exact) mass is 198 g/mol. The van der Waals surface area contributed by atoms with Gasteiger partial charge in [0.2, 0.25) is 0 Å². The van der Waals surface area contributed by atoms with Gasteiger partial charge < -0.3 is 9.47 Å². The van der Waals surface area contributed by atoms with Crippen LogP contribution in [0.2, 0.25) is 0 Å². The van der Waals surface area contributed by atoms with Gasteiger partial charge in [-0.25, -0.2) is 0 Å². The quantitative estimate of drug-likeness (QED) is 0.512. The summed E-state index contributed by atoms with van der Waals surface area (Å²) < 4.78 is 10.5. The molecule has 0 saturated carbocycles. The number of ether oxygens (including phenoxy) is 2. The molecule has 1 rings (SSSR count). The molecule has 1 saturated heterocycles. The van der Waals surface area contributed by atoms with E-state index in [0.29, 0.717) is 13.0 Å². The zero-order valence-corrected chi connectivity index (χ0v) is 8.70. The molecular formula is C11H18O3. The van der Waals surface area contributed by atoms with Gasteiger partial charge in [-0.3, -0.25) is 4.79 Å². The van der Waals surface area contributed by atoms with Gasteiger partial charge in [0.15, 0.2) is 0 Å². The predicted molar refractivity (Wildman–Crippen MR) is 54.0 cm³/mol. The highest BCUT2D eigenvalue weighted by molar-refractivity contribution is 5.69. The van der Waals surface area contributed by atoms with Crippen molar-refractivity contribution in [1.29, 1.82) is 0 Å². The van der Waals surface area contributed by atoms with Gasteiger partial charge in [-0.2, -0.15) is 0 Å². The summed E-state index contributed by atoms with van der Waals surface area (Å²) >= 11 is 0. The first-order valence-electron chi connectivity index (χ1n) is 5.20. The van der Waals surface area contributed by atoms with Gasteiger partial charge in [0.05, 0.1) is 25.2 Å². The lowest BCUT2D eigenvalue weighted by Gasteiger charge is -2.27. The van der Waals surface area contributed by atoms with Crippen LogP contribution in [0.25, 0.3) is 0 Å². The van der Waals surface area contributed by atoms with E-state index in [1.165, 1.54) is 0 Å². The van der Waals surface area contributed by atoms with Gasteiger partial charge in [-0.15, -0.1) is 6.58 Å². The van der Waals surface area contributed by atoms with Crippen LogP contribution in [0.15, 0.2) is 12.7 Å². The number of carbonyl (C=O) groups excluding carboxylic acids is 1. The highest BCUT2D eigenvalue weighted by atomic mass is 16.5. The Labute approximate surface area is 85.1 Å². The first-order valence-corrected chi connectivity index (χ1v) is 5.20. The van der Waals surface area contributed by atoms with Crippen molar-refractivity contribution in [3.05, 3.63) is 12.7 Å². The second-order valence-electron chi connectivity index (χ2n) is 3.47. The number of rotatable bonds is 4. The standard InChI is InChI=1S/C11H18O3/c1-3-9-6-5-7-10(14-9)8-11(12)13-4-2/h3,9-10H,1,4-8H2,2H3/t9-,10+/m0/s1. The van der Waals surface area contributed by atoms with E-state index in [0.717, 1.165) is 19.3 Å². The fourth-order valence-electron chi connectivity index (χ4n) is 1.66. The maximum atomic E-state index is 11.2. The smallest absolute Gasteiger partial charge is 0.308 e. The molecule has 14 heavy (non-hydrogen) atoms. The third-order valence-corrected chi connectivity index (χ3v) is 2.34. The van der Waals surface area contributed by atoms with E-state index in [2.05, 4.69) is 6.58 Å². The Balaban J connectivity index is 2.29. The molecule has 2 atom stereocenters. The van der Waals surface area contributed by atoms with E-state index in [4.69, 9.17) is 9.47 Å². The summed E-state index contributed by atoms with van der Waals surface area (Å²) in [6, 6.07) is 0. The van der Waals surface area contributed by atoms with Crippen LogP contribution in [0.3, 0.4) is 0 Å². The molecule has 1 aliphatic rings. The van der Waals surface area contributed by atoms with E-state index < -0.39 is 0 Å². The number of esters is 1. The zero-order chi connectivity index (χ0) is 10.4. The summed E-state index contributed by atoms with van der Waals surface area (Å²) in [7, 11) is 0. The van der Waals surface area contributed by atoms with Crippen molar-refractivity contribution < 1.29 is 14.3 Å². The van der Waals surface area contributed by atoms with E-state index in [-0.39, 0.29) is 18.2 Å². The maximum absolute atomic E-state index is 11.2. The van der Waals surface area contributed by atoms with Crippen molar-refractivity contribution in [3.63, 3.8) is 0 Å². The molecule has 0 N–H and O–H groups in total. The summed E-state index contributed by atoms with van der Waals surface area (Å²) in [6.07, 6.45) is 5.37. The van der Waals surface area contributed by atoms with Crippen molar-refractivity contribution in [2.45, 2.75) is 44.8 Å². The highest BCUT2D eigenvalue weighted by Gasteiger charge is 2.22. The van der Waals surface area contributed by atoms with Crippen LogP contribution in [-0.4, -0.2) is 24.8 Å². The molecule has 0 aromatic carbocycles. The van der Waals surface area contributed by atoms with Crippen molar-refractivity contribution in [1.82, 2.24) is 0 Å². The minimum atomic E-state index is -0.165. The maximum Gasteiger partial charge on any atom is 0.308 e. The molecule has 1 heterocycles. The first-order chi connectivity index (χ1) is 6.76. The van der Waals surface area contributed by atoms with Gasteiger partial charge in [-0.05, 0) is 26.2 Å². The predicted octanol–water partition coefficient (Wildman–Crippen LogP) is 2.06. The molecule has 0 bridgehead atoms. The fourth-order valence-corrected chi connectivity index (χ4v) is 1.66. The minimum absolute atomic E-state index is 0.0193. The molecule has 0 spiro atoms. The second-order valence-corrected chi connectivity index (χ2v) is 3.47. The van der Waals surface area contributed by atoms with Crippen LogP contribution >= 0.6 is 0 Å². The summed E-state index contributed by atoms with van der Waals surface area (Å²) in [5.74, 6) is -0.165. The number of hydrogen-bond acceptors (Lipinski definition) is 3. The van der Waals surface area contributed by atoms with Crippen LogP contribution in [0, 0.1) is 0 Å². The second kappa shape index (κ2) is 5.81. The van der Waals surface area contributed by atoms with E-state index in [1.807, 2.05) is 6.92 Å². The lowest BCUT2D eigenvalue weighted by molar-refractivity contribution is -0.148. The molecule has 1 aliphatic heterocycles. The molecule has 0 aromatic rings. The van der Waals surface area contributed by atoms with Crippen molar-refractivity contribution in [2.24, 2.45) is 0 Å². The normalized spacial score (nSPS) is 26.9. The lowest BCUT2D eigenvalue weighted by atomic mass is 10.0. The summed E-state index contributed by atoms with van der Waals surface area (Å²) in [5, 5.41) is 0. The molecule has 80 valence electrons. The van der Waals surface area contributed by atoms with Crippen LogP contribution in [0.1, 0.15) is 32.6 Å². The van der Waals surface area contributed by atoms with Gasteiger partial charge in [0.25, 0.3) is 0 Å². The van der Waals surface area contributed by atoms with Crippen LogP contribution in [-0.2, 0) is 14.3 Å².